The van der Waals surface area contributed by atoms with Gasteiger partial charge >= 0.3 is 0 Å². The maximum absolute atomic E-state index is 3.66. The number of nitrogens with zero attached hydrogens (tertiary/aromatic N) is 4. The molecule has 0 aliphatic carbocycles. The van der Waals surface area contributed by atoms with E-state index in [1.54, 1.807) is 0 Å². The summed E-state index contributed by atoms with van der Waals surface area (Å²) in [4.78, 5) is 10.2. The van der Waals surface area contributed by atoms with E-state index in [-0.39, 0.29) is 0 Å². The molecule has 3 saturated heterocycles. The Morgan fingerprint density at radius 2 is 0.950 bits per heavy atom. The van der Waals surface area contributed by atoms with Crippen molar-refractivity contribution in [2.45, 2.75) is 25.9 Å². The quantitative estimate of drug-likeness (QED) is 0.595. The maximum Gasteiger partial charge on any atom is 0.0519 e. The highest BCUT2D eigenvalue weighted by Gasteiger charge is 2.25. The molecule has 0 aromatic heterocycles. The number of hydrogen-bond acceptors (Lipinski definition) is 6. The number of rotatable bonds is 0. The Hall–Kier alpha value is -0.240. The largest absolute Gasteiger partial charge is 0.300 e. The highest BCUT2D eigenvalue weighted by molar-refractivity contribution is 4.80. The van der Waals surface area contributed by atoms with Crippen molar-refractivity contribution in [1.29, 1.82) is 0 Å². The van der Waals surface area contributed by atoms with Crippen molar-refractivity contribution in [3.63, 3.8) is 0 Å². The van der Waals surface area contributed by atoms with E-state index in [0.29, 0.717) is 12.1 Å². The van der Waals surface area contributed by atoms with Gasteiger partial charge in [0.15, 0.2) is 0 Å². The Kier molecular flexibility index (Phi) is 4.91. The summed E-state index contributed by atoms with van der Waals surface area (Å²) in [6.07, 6.45) is 0. The van der Waals surface area contributed by atoms with Crippen LogP contribution in [0.15, 0.2) is 0 Å². The molecule has 3 aliphatic rings. The Morgan fingerprint density at radius 1 is 0.600 bits per heavy atom. The lowest BCUT2D eigenvalue weighted by Crippen LogP contribution is -2.50. The second-order valence-electron chi connectivity index (χ2n) is 6.61. The van der Waals surface area contributed by atoms with E-state index in [2.05, 4.69) is 44.1 Å². The topological polar surface area (TPSA) is 37.0 Å². The van der Waals surface area contributed by atoms with Gasteiger partial charge in [-0.05, 0) is 13.8 Å². The fourth-order valence-corrected chi connectivity index (χ4v) is 3.22. The van der Waals surface area contributed by atoms with Crippen molar-refractivity contribution in [3.05, 3.63) is 0 Å². The normalized spacial score (nSPS) is 47.1. The van der Waals surface area contributed by atoms with Crippen LogP contribution in [0.2, 0.25) is 0 Å². The van der Waals surface area contributed by atoms with Crippen molar-refractivity contribution < 1.29 is 0 Å². The monoisotopic (exact) mass is 282 g/mol. The van der Waals surface area contributed by atoms with Crippen molar-refractivity contribution in [2.24, 2.45) is 0 Å². The van der Waals surface area contributed by atoms with Crippen molar-refractivity contribution >= 4 is 0 Å². The standard InChI is InChI=1S/C14H30N6/c1-13-14(2)16-10-20-8-6-18(12-20)4-3-17-5-7-19(11-17)9-15-13/h13-16H,3-12H2,1-2H3/t13-,14-/m0/s1. The van der Waals surface area contributed by atoms with E-state index in [1.807, 2.05) is 0 Å². The van der Waals surface area contributed by atoms with E-state index in [4.69, 9.17) is 0 Å². The van der Waals surface area contributed by atoms with Crippen LogP contribution in [0.3, 0.4) is 0 Å². The third kappa shape index (κ3) is 3.69. The molecule has 20 heavy (non-hydrogen) atoms. The summed E-state index contributed by atoms with van der Waals surface area (Å²) in [5.74, 6) is 0. The van der Waals surface area contributed by atoms with E-state index < -0.39 is 0 Å². The molecular formula is C14H30N6. The molecule has 3 heterocycles. The highest BCUT2D eigenvalue weighted by atomic mass is 15.4. The molecular weight excluding hydrogens is 252 g/mol. The lowest BCUT2D eigenvalue weighted by molar-refractivity contribution is 0.173. The summed E-state index contributed by atoms with van der Waals surface area (Å²) in [5, 5.41) is 7.33. The third-order valence-corrected chi connectivity index (χ3v) is 5.02. The predicted molar refractivity (Wildman–Crippen MR) is 81.2 cm³/mol. The van der Waals surface area contributed by atoms with Crippen LogP contribution in [0.5, 0.6) is 0 Å². The van der Waals surface area contributed by atoms with Crippen molar-refractivity contribution in [1.82, 2.24) is 30.2 Å². The molecule has 4 unspecified atom stereocenters. The molecule has 6 nitrogen and oxygen atoms in total. The fourth-order valence-electron chi connectivity index (χ4n) is 3.22. The summed E-state index contributed by atoms with van der Waals surface area (Å²) in [6.45, 7) is 16.1. The van der Waals surface area contributed by atoms with Gasteiger partial charge in [-0.2, -0.15) is 0 Å². The van der Waals surface area contributed by atoms with Crippen molar-refractivity contribution in [3.8, 4) is 0 Å². The average molecular weight is 282 g/mol. The fraction of sp³-hybridized carbons (Fsp3) is 1.00. The highest BCUT2D eigenvalue weighted by Crippen LogP contribution is 2.08. The Labute approximate surface area is 123 Å². The summed E-state index contributed by atoms with van der Waals surface area (Å²) in [6, 6.07) is 1.01. The molecule has 2 N–H and O–H groups in total. The van der Waals surface area contributed by atoms with E-state index >= 15 is 0 Å². The summed E-state index contributed by atoms with van der Waals surface area (Å²) in [7, 11) is 0. The second kappa shape index (κ2) is 6.68. The summed E-state index contributed by atoms with van der Waals surface area (Å²) >= 11 is 0. The first kappa shape index (κ1) is 14.7. The van der Waals surface area contributed by atoms with Crippen LogP contribution in [0.1, 0.15) is 13.8 Å². The zero-order valence-corrected chi connectivity index (χ0v) is 13.0. The molecule has 0 saturated carbocycles. The molecule has 6 atom stereocenters. The minimum Gasteiger partial charge on any atom is -0.300 e. The van der Waals surface area contributed by atoms with Gasteiger partial charge in [-0.1, -0.05) is 0 Å². The van der Waals surface area contributed by atoms with Crippen LogP contribution < -0.4 is 10.6 Å². The second-order valence-corrected chi connectivity index (χ2v) is 6.61. The zero-order chi connectivity index (χ0) is 13.9. The van der Waals surface area contributed by atoms with Crippen LogP contribution in [0, 0.1) is 0 Å². The minimum absolute atomic E-state index is 0.505. The first-order chi connectivity index (χ1) is 9.70. The van der Waals surface area contributed by atoms with E-state index in [9.17, 15) is 0 Å². The molecule has 3 fully saturated rings. The van der Waals surface area contributed by atoms with Gasteiger partial charge in [-0.25, -0.2) is 0 Å². The molecule has 116 valence electrons. The van der Waals surface area contributed by atoms with Crippen LogP contribution in [0.25, 0.3) is 0 Å². The van der Waals surface area contributed by atoms with E-state index in [0.717, 1.165) is 26.7 Å². The van der Waals surface area contributed by atoms with Crippen LogP contribution >= 0.6 is 0 Å². The molecule has 4 bridgehead atoms. The first-order valence-electron chi connectivity index (χ1n) is 8.07. The van der Waals surface area contributed by atoms with Gasteiger partial charge in [0.25, 0.3) is 0 Å². The third-order valence-electron chi connectivity index (χ3n) is 5.02. The Morgan fingerprint density at radius 3 is 1.35 bits per heavy atom. The zero-order valence-electron chi connectivity index (χ0n) is 13.0. The lowest BCUT2D eigenvalue weighted by Gasteiger charge is -2.28. The van der Waals surface area contributed by atoms with Gasteiger partial charge in [-0.3, -0.25) is 19.6 Å². The Balaban J connectivity index is 1.59. The van der Waals surface area contributed by atoms with Crippen LogP contribution in [-0.4, -0.2) is 97.6 Å². The molecule has 0 aromatic rings. The molecule has 0 spiro atoms. The van der Waals surface area contributed by atoms with Gasteiger partial charge < -0.3 is 10.6 Å². The minimum atomic E-state index is 0.505. The van der Waals surface area contributed by atoms with Gasteiger partial charge in [-0.15, -0.1) is 0 Å². The number of fused-ring (bicyclic) bond motifs is 4. The molecule has 0 radical (unpaired) electrons. The smallest absolute Gasteiger partial charge is 0.0519 e. The van der Waals surface area contributed by atoms with Gasteiger partial charge in [0, 0.05) is 64.7 Å². The molecule has 6 heteroatoms. The van der Waals surface area contributed by atoms with Crippen LogP contribution in [-0.2, 0) is 0 Å². The van der Waals surface area contributed by atoms with Crippen molar-refractivity contribution in [2.75, 3.05) is 65.9 Å². The first-order valence-corrected chi connectivity index (χ1v) is 8.07. The number of hydrogen-bond donors (Lipinski definition) is 2. The van der Waals surface area contributed by atoms with Gasteiger partial charge in [0.1, 0.15) is 0 Å². The maximum atomic E-state index is 3.66. The molecule has 3 rings (SSSR count). The van der Waals surface area contributed by atoms with Gasteiger partial charge in [0.2, 0.25) is 0 Å². The summed E-state index contributed by atoms with van der Waals surface area (Å²) in [5.41, 5.74) is 0. The van der Waals surface area contributed by atoms with Gasteiger partial charge in [0.05, 0.1) is 13.3 Å². The van der Waals surface area contributed by atoms with Crippen LogP contribution in [0.4, 0.5) is 0 Å². The Bertz CT molecular complexity index is 274. The SMILES string of the molecule is C[C@@H]1NCN2CCN(CCN3CCN(CN[C@H]1C)C3)C2. The molecule has 0 aromatic carbocycles. The number of nitrogens with one attached hydrogen (secondary N) is 2. The summed E-state index contributed by atoms with van der Waals surface area (Å²) < 4.78 is 0. The average Bonchev–Trinajstić information content (AvgIpc) is 3.08. The lowest BCUT2D eigenvalue weighted by atomic mass is 10.2. The molecule has 3 aliphatic heterocycles. The molecule has 0 amide bonds. The van der Waals surface area contributed by atoms with E-state index in [1.165, 1.54) is 39.3 Å². The predicted octanol–water partition coefficient (Wildman–Crippen LogP) is -0.979.